The zero-order valence-corrected chi connectivity index (χ0v) is 19.1. The monoisotopic (exact) mass is 428 g/mol. The number of carbonyl (C=O) groups excluding carboxylic acids is 1. The maximum atomic E-state index is 12.4. The van der Waals surface area contributed by atoms with E-state index in [2.05, 4.69) is 31.0 Å². The van der Waals surface area contributed by atoms with Gasteiger partial charge >= 0.3 is 11.9 Å². The molecule has 1 heterocycles. The molecule has 0 aliphatic heterocycles. The molecule has 4 aliphatic rings. The van der Waals surface area contributed by atoms with E-state index in [0.717, 1.165) is 43.9 Å². The average Bonchev–Trinajstić information content (AvgIpc) is 3.25. The molecule has 0 saturated heterocycles. The number of H-pyrrole nitrogens is 1. The summed E-state index contributed by atoms with van der Waals surface area (Å²) in [6.45, 7) is 6.99. The number of aromatic nitrogens is 2. The van der Waals surface area contributed by atoms with Crippen molar-refractivity contribution < 1.29 is 19.4 Å². The molecule has 6 heteroatoms. The Morgan fingerprint density at radius 1 is 1.13 bits per heavy atom. The fourth-order valence-corrected chi connectivity index (χ4v) is 8.37. The van der Waals surface area contributed by atoms with Crippen LogP contribution >= 0.6 is 0 Å². The van der Waals surface area contributed by atoms with Gasteiger partial charge in [0.05, 0.1) is 19.0 Å². The highest BCUT2D eigenvalue weighted by Gasteiger charge is 2.64. The molecule has 0 amide bonds. The van der Waals surface area contributed by atoms with Crippen LogP contribution in [0, 0.1) is 34.5 Å². The molecular weight excluding hydrogens is 392 g/mol. The number of esters is 1. The van der Waals surface area contributed by atoms with Gasteiger partial charge in [-0.05, 0) is 92.9 Å². The molecule has 1 aromatic rings. The second kappa shape index (κ2) is 7.08. The van der Waals surface area contributed by atoms with Crippen LogP contribution in [0.25, 0.3) is 0 Å². The second-order valence-electron chi connectivity index (χ2n) is 11.5. The highest BCUT2D eigenvalue weighted by Crippen LogP contribution is 2.68. The number of hydrogen-bond acceptors (Lipinski definition) is 4. The minimum absolute atomic E-state index is 0.0221. The topological polar surface area (TPSA) is 92.3 Å². The summed E-state index contributed by atoms with van der Waals surface area (Å²) < 4.78 is 6.05. The van der Waals surface area contributed by atoms with Crippen molar-refractivity contribution in [3.63, 3.8) is 0 Å². The van der Waals surface area contributed by atoms with Crippen molar-refractivity contribution in [1.82, 2.24) is 10.2 Å². The summed E-state index contributed by atoms with van der Waals surface area (Å²) >= 11 is 0. The Bertz CT molecular complexity index is 896. The van der Waals surface area contributed by atoms with Crippen LogP contribution in [0.4, 0.5) is 0 Å². The lowest BCUT2D eigenvalue weighted by Crippen LogP contribution is -2.57. The quantitative estimate of drug-likeness (QED) is 0.687. The van der Waals surface area contributed by atoms with Crippen molar-refractivity contribution in [2.24, 2.45) is 34.5 Å². The Hall–Kier alpha value is -1.85. The lowest BCUT2D eigenvalue weighted by molar-refractivity contribution is -0.184. The fourth-order valence-electron chi connectivity index (χ4n) is 8.37. The van der Waals surface area contributed by atoms with Crippen LogP contribution in [-0.4, -0.2) is 32.8 Å². The van der Waals surface area contributed by atoms with Crippen molar-refractivity contribution in [3.8, 4) is 0 Å². The van der Waals surface area contributed by atoms with Gasteiger partial charge in [0.25, 0.3) is 0 Å². The summed E-state index contributed by atoms with van der Waals surface area (Å²) in [7, 11) is 0. The fraction of sp³-hybridized carbons (Fsp3) is 0.800. The number of nitrogens with zero attached hydrogens (tertiary/aromatic N) is 1. The van der Waals surface area contributed by atoms with Gasteiger partial charge in [-0.3, -0.25) is 14.7 Å². The molecule has 5 rings (SSSR count). The maximum absolute atomic E-state index is 12.4. The third kappa shape index (κ3) is 3.07. The molecule has 1 aromatic heterocycles. The predicted molar refractivity (Wildman–Crippen MR) is 115 cm³/mol. The number of rotatable bonds is 4. The molecule has 2 N–H and O–H groups in total. The third-order valence-corrected chi connectivity index (χ3v) is 10.3. The van der Waals surface area contributed by atoms with Crippen molar-refractivity contribution >= 4 is 11.9 Å². The molecule has 7 atom stereocenters. The molecule has 0 unspecified atom stereocenters. The molecule has 6 nitrogen and oxygen atoms in total. The standard InChI is InChI=1S/C25H36N2O4/c1-23-13-15-14-26-27-20(15)12-16(23)4-5-17-18(23)8-10-24(2)19(17)9-11-25(24,3)31-22(30)7-6-21(28)29/h14,16-19H,4-13H2,1-3H3,(H,26,27)(H,28,29)/t16-,17+,18-,19-,23-,24-,25-/m0/s1. The van der Waals surface area contributed by atoms with Crippen LogP contribution in [0.15, 0.2) is 6.20 Å². The van der Waals surface area contributed by atoms with Crippen LogP contribution in [-0.2, 0) is 27.2 Å². The van der Waals surface area contributed by atoms with E-state index in [9.17, 15) is 9.59 Å². The number of carboxylic acid groups (broad SMARTS) is 1. The smallest absolute Gasteiger partial charge is 0.306 e. The summed E-state index contributed by atoms with van der Waals surface area (Å²) in [5.41, 5.74) is 2.59. The van der Waals surface area contributed by atoms with Crippen LogP contribution in [0.1, 0.15) is 83.4 Å². The van der Waals surface area contributed by atoms with E-state index in [4.69, 9.17) is 9.84 Å². The average molecular weight is 429 g/mol. The Labute approximate surface area is 184 Å². The van der Waals surface area contributed by atoms with Crippen LogP contribution in [0.2, 0.25) is 0 Å². The molecular formula is C25H36N2O4. The van der Waals surface area contributed by atoms with Crippen LogP contribution in [0.5, 0.6) is 0 Å². The van der Waals surface area contributed by atoms with E-state index in [1.165, 1.54) is 30.5 Å². The van der Waals surface area contributed by atoms with Gasteiger partial charge in [-0.25, -0.2) is 0 Å². The lowest BCUT2D eigenvalue weighted by Gasteiger charge is -2.61. The normalized spacial score (nSPS) is 43.3. The first-order chi connectivity index (χ1) is 14.7. The largest absolute Gasteiger partial charge is 0.481 e. The van der Waals surface area contributed by atoms with Gasteiger partial charge in [0.2, 0.25) is 0 Å². The first kappa shape index (κ1) is 21.0. The minimum Gasteiger partial charge on any atom is -0.481 e. The van der Waals surface area contributed by atoms with Crippen molar-refractivity contribution in [2.75, 3.05) is 0 Å². The van der Waals surface area contributed by atoms with Crippen LogP contribution < -0.4 is 0 Å². The summed E-state index contributed by atoms with van der Waals surface area (Å²) in [5.74, 6) is 1.41. The minimum atomic E-state index is -0.948. The SMILES string of the molecule is C[C@]12Cc3cn[nH]c3C[C@@H]1CC[C@@H]1[C@@H]2CC[C@@]2(C)[C@H]1CC[C@]2(C)OC(=O)CCC(=O)O. The van der Waals surface area contributed by atoms with Gasteiger partial charge in [0.15, 0.2) is 0 Å². The number of nitrogens with one attached hydrogen (secondary N) is 1. The van der Waals surface area contributed by atoms with Gasteiger partial charge in [-0.1, -0.05) is 13.8 Å². The maximum Gasteiger partial charge on any atom is 0.306 e. The van der Waals surface area contributed by atoms with Gasteiger partial charge in [-0.15, -0.1) is 0 Å². The molecule has 4 aliphatic carbocycles. The zero-order valence-electron chi connectivity index (χ0n) is 19.1. The molecule has 3 saturated carbocycles. The lowest BCUT2D eigenvalue weighted by atomic mass is 9.44. The number of fused-ring (bicyclic) bond motifs is 6. The Morgan fingerprint density at radius 2 is 1.90 bits per heavy atom. The third-order valence-electron chi connectivity index (χ3n) is 10.3. The van der Waals surface area contributed by atoms with Gasteiger partial charge in [0, 0.05) is 11.1 Å². The van der Waals surface area contributed by atoms with Gasteiger partial charge in [0.1, 0.15) is 5.60 Å². The highest BCUT2D eigenvalue weighted by atomic mass is 16.6. The van der Waals surface area contributed by atoms with Crippen molar-refractivity contribution in [3.05, 3.63) is 17.5 Å². The first-order valence-corrected chi connectivity index (χ1v) is 12.1. The Morgan fingerprint density at radius 3 is 2.68 bits per heavy atom. The number of hydrogen-bond donors (Lipinski definition) is 2. The van der Waals surface area contributed by atoms with Crippen molar-refractivity contribution in [1.29, 1.82) is 0 Å². The Balaban J connectivity index is 1.36. The van der Waals surface area contributed by atoms with E-state index in [-0.39, 0.29) is 24.2 Å². The molecule has 0 spiro atoms. The molecule has 0 bridgehead atoms. The molecule has 0 aromatic carbocycles. The van der Waals surface area contributed by atoms with Gasteiger partial charge in [-0.2, -0.15) is 5.10 Å². The highest BCUT2D eigenvalue weighted by molar-refractivity contribution is 5.76. The van der Waals surface area contributed by atoms with Crippen LogP contribution in [0.3, 0.4) is 0 Å². The number of aliphatic carboxylic acids is 1. The number of carbonyl (C=O) groups is 2. The Kier molecular flexibility index (Phi) is 4.80. The van der Waals surface area contributed by atoms with E-state index in [1.807, 2.05) is 6.20 Å². The molecule has 0 radical (unpaired) electrons. The van der Waals surface area contributed by atoms with E-state index in [0.29, 0.717) is 17.3 Å². The van der Waals surface area contributed by atoms with Gasteiger partial charge < -0.3 is 9.84 Å². The number of carboxylic acids is 1. The number of ether oxygens (including phenoxy) is 1. The van der Waals surface area contributed by atoms with E-state index < -0.39 is 11.6 Å². The summed E-state index contributed by atoms with van der Waals surface area (Å²) in [4.78, 5) is 23.3. The van der Waals surface area contributed by atoms with E-state index >= 15 is 0 Å². The summed E-state index contributed by atoms with van der Waals surface area (Å²) in [6.07, 6.45) is 10.9. The molecule has 31 heavy (non-hydrogen) atoms. The summed E-state index contributed by atoms with van der Waals surface area (Å²) in [6, 6.07) is 0. The predicted octanol–water partition coefficient (Wildman–Crippen LogP) is 4.53. The zero-order chi connectivity index (χ0) is 22.0. The second-order valence-corrected chi connectivity index (χ2v) is 11.5. The first-order valence-electron chi connectivity index (χ1n) is 12.1. The molecule has 170 valence electrons. The van der Waals surface area contributed by atoms with E-state index in [1.54, 1.807) is 0 Å². The molecule has 3 fully saturated rings. The van der Waals surface area contributed by atoms with Crippen molar-refractivity contribution in [2.45, 2.75) is 90.6 Å². The summed E-state index contributed by atoms with van der Waals surface area (Å²) in [5, 5.41) is 16.5. The number of aromatic amines is 1.